The maximum absolute atomic E-state index is 11.8. The first-order chi connectivity index (χ1) is 9.16. The molecule has 0 bridgehead atoms. The minimum absolute atomic E-state index is 0. The molecule has 0 atom stereocenters. The smallest absolute Gasteiger partial charge is 0.545 e. The Hall–Kier alpha value is -1.62. The molecule has 4 nitrogen and oxygen atoms in total. The van der Waals surface area contributed by atoms with Gasteiger partial charge in [-0.3, -0.25) is 0 Å². The topological polar surface area (TPSA) is 66.4 Å². The SMILES string of the molecule is O=C([O-])c1cccc(C(=O)OCc2ccccc2)c1.[Na+]. The standard InChI is InChI=1S/C15H12O4.Na/c16-14(17)12-7-4-8-13(9-12)15(18)19-10-11-5-2-1-3-6-11;/h1-9H,10H2,(H,16,17);/q;+1/p-1. The van der Waals surface area contributed by atoms with Gasteiger partial charge in [0.1, 0.15) is 6.61 Å². The molecule has 0 aromatic heterocycles. The minimum Gasteiger partial charge on any atom is -0.545 e. The molecule has 0 radical (unpaired) electrons. The van der Waals surface area contributed by atoms with Crippen LogP contribution in [0.3, 0.4) is 0 Å². The summed E-state index contributed by atoms with van der Waals surface area (Å²) in [5.74, 6) is -1.88. The predicted molar refractivity (Wildman–Crippen MR) is 66.3 cm³/mol. The van der Waals surface area contributed by atoms with Crippen LogP contribution in [0.2, 0.25) is 0 Å². The van der Waals surface area contributed by atoms with E-state index in [1.165, 1.54) is 24.3 Å². The number of ether oxygens (including phenoxy) is 1. The van der Waals surface area contributed by atoms with Crippen LogP contribution >= 0.6 is 0 Å². The number of carbonyl (C=O) groups is 2. The summed E-state index contributed by atoms with van der Waals surface area (Å²) in [5, 5.41) is 10.7. The number of esters is 1. The summed E-state index contributed by atoms with van der Waals surface area (Å²) in [6.07, 6.45) is 0. The Kier molecular flexibility index (Phi) is 6.45. The molecule has 2 aromatic carbocycles. The van der Waals surface area contributed by atoms with Gasteiger partial charge in [-0.1, -0.05) is 42.5 Å². The first kappa shape index (κ1) is 16.4. The first-order valence-electron chi connectivity index (χ1n) is 5.69. The number of hydrogen-bond acceptors (Lipinski definition) is 4. The number of hydrogen-bond donors (Lipinski definition) is 0. The fourth-order valence-electron chi connectivity index (χ4n) is 1.58. The average molecular weight is 278 g/mol. The van der Waals surface area contributed by atoms with Crippen LogP contribution in [-0.4, -0.2) is 11.9 Å². The van der Waals surface area contributed by atoms with Gasteiger partial charge in [0.15, 0.2) is 0 Å². The summed E-state index contributed by atoms with van der Waals surface area (Å²) in [4.78, 5) is 22.4. The van der Waals surface area contributed by atoms with E-state index in [0.29, 0.717) is 0 Å². The Morgan fingerprint density at radius 2 is 1.60 bits per heavy atom. The zero-order valence-electron chi connectivity index (χ0n) is 11.0. The third-order valence-corrected chi connectivity index (χ3v) is 2.55. The Morgan fingerprint density at radius 3 is 2.25 bits per heavy atom. The van der Waals surface area contributed by atoms with E-state index in [9.17, 15) is 14.7 Å². The number of rotatable bonds is 4. The summed E-state index contributed by atoms with van der Waals surface area (Å²) >= 11 is 0. The normalized spacial score (nSPS) is 9.40. The summed E-state index contributed by atoms with van der Waals surface area (Å²) in [5.41, 5.74) is 1.01. The molecule has 0 spiro atoms. The van der Waals surface area contributed by atoms with Crippen LogP contribution in [0, 0.1) is 0 Å². The van der Waals surface area contributed by atoms with Gasteiger partial charge in [0, 0.05) is 0 Å². The fraction of sp³-hybridized carbons (Fsp3) is 0.0667. The van der Waals surface area contributed by atoms with Gasteiger partial charge in [0.05, 0.1) is 11.5 Å². The molecular formula is C15H11NaO4. The molecule has 0 saturated carbocycles. The molecule has 0 N–H and O–H groups in total. The van der Waals surface area contributed by atoms with Crippen LogP contribution in [-0.2, 0) is 11.3 Å². The van der Waals surface area contributed by atoms with Gasteiger partial charge in [-0.05, 0) is 23.3 Å². The van der Waals surface area contributed by atoms with Crippen molar-refractivity contribution in [2.24, 2.45) is 0 Å². The molecule has 0 aliphatic rings. The van der Waals surface area contributed by atoms with Crippen LogP contribution in [0.25, 0.3) is 0 Å². The van der Waals surface area contributed by atoms with Gasteiger partial charge in [0.2, 0.25) is 0 Å². The second-order valence-electron chi connectivity index (χ2n) is 3.93. The van der Waals surface area contributed by atoms with E-state index >= 15 is 0 Å². The Labute approximate surface area is 138 Å². The number of carboxylic acids is 1. The molecule has 0 unspecified atom stereocenters. The summed E-state index contributed by atoms with van der Waals surface area (Å²) in [6, 6.07) is 14.8. The molecule has 5 heteroatoms. The van der Waals surface area contributed by atoms with Gasteiger partial charge in [-0.25, -0.2) is 4.79 Å². The van der Waals surface area contributed by atoms with Crippen molar-refractivity contribution in [3.63, 3.8) is 0 Å². The molecule has 2 rings (SSSR count). The molecule has 0 aliphatic heterocycles. The summed E-state index contributed by atoms with van der Waals surface area (Å²) in [7, 11) is 0. The number of carboxylic acid groups (broad SMARTS) is 1. The van der Waals surface area contributed by atoms with Crippen LogP contribution in [0.1, 0.15) is 26.3 Å². The molecule has 2 aromatic rings. The molecule has 0 fully saturated rings. The summed E-state index contributed by atoms with van der Waals surface area (Å²) < 4.78 is 5.10. The monoisotopic (exact) mass is 278 g/mol. The van der Waals surface area contributed by atoms with E-state index in [1.807, 2.05) is 30.3 Å². The largest absolute Gasteiger partial charge is 1.00 e. The second-order valence-corrected chi connectivity index (χ2v) is 3.93. The maximum atomic E-state index is 11.8. The summed E-state index contributed by atoms with van der Waals surface area (Å²) in [6.45, 7) is 0.148. The van der Waals surface area contributed by atoms with Crippen molar-refractivity contribution in [2.75, 3.05) is 0 Å². The van der Waals surface area contributed by atoms with Crippen molar-refractivity contribution in [2.45, 2.75) is 6.61 Å². The van der Waals surface area contributed by atoms with Crippen LogP contribution in [0.15, 0.2) is 54.6 Å². The van der Waals surface area contributed by atoms with E-state index in [-0.39, 0.29) is 47.3 Å². The zero-order valence-corrected chi connectivity index (χ0v) is 13.0. The van der Waals surface area contributed by atoms with Crippen molar-refractivity contribution < 1.29 is 49.0 Å². The predicted octanol–water partition coefficient (Wildman–Crippen LogP) is -1.59. The quantitative estimate of drug-likeness (QED) is 0.499. The zero-order chi connectivity index (χ0) is 13.7. The van der Waals surface area contributed by atoms with Gasteiger partial charge >= 0.3 is 35.5 Å². The average Bonchev–Trinajstić information content (AvgIpc) is 2.46. The molecule has 96 valence electrons. The number of carbonyl (C=O) groups excluding carboxylic acids is 2. The van der Waals surface area contributed by atoms with Crippen LogP contribution in [0.4, 0.5) is 0 Å². The van der Waals surface area contributed by atoms with E-state index in [0.717, 1.165) is 5.56 Å². The Morgan fingerprint density at radius 1 is 0.950 bits per heavy atom. The molecule has 0 amide bonds. The van der Waals surface area contributed by atoms with Crippen LogP contribution in [0.5, 0.6) is 0 Å². The molecule has 0 aliphatic carbocycles. The fourth-order valence-corrected chi connectivity index (χ4v) is 1.58. The molecule has 0 heterocycles. The molecule has 20 heavy (non-hydrogen) atoms. The van der Waals surface area contributed by atoms with E-state index < -0.39 is 11.9 Å². The third kappa shape index (κ3) is 4.49. The molecule has 0 saturated heterocycles. The maximum Gasteiger partial charge on any atom is 1.00 e. The van der Waals surface area contributed by atoms with Crippen molar-refractivity contribution in [1.29, 1.82) is 0 Å². The van der Waals surface area contributed by atoms with Gasteiger partial charge in [-0.2, -0.15) is 0 Å². The minimum atomic E-state index is -1.32. The van der Waals surface area contributed by atoms with E-state index in [1.54, 1.807) is 0 Å². The van der Waals surface area contributed by atoms with E-state index in [4.69, 9.17) is 4.74 Å². The van der Waals surface area contributed by atoms with Crippen molar-refractivity contribution in [3.05, 3.63) is 71.3 Å². The Bertz CT molecular complexity index is 596. The molecular weight excluding hydrogens is 267 g/mol. The third-order valence-electron chi connectivity index (χ3n) is 2.55. The van der Waals surface area contributed by atoms with Crippen molar-refractivity contribution in [1.82, 2.24) is 0 Å². The first-order valence-corrected chi connectivity index (χ1v) is 5.69. The van der Waals surface area contributed by atoms with E-state index in [2.05, 4.69) is 0 Å². The van der Waals surface area contributed by atoms with Crippen molar-refractivity contribution >= 4 is 11.9 Å². The van der Waals surface area contributed by atoms with Gasteiger partial charge in [-0.15, -0.1) is 0 Å². The van der Waals surface area contributed by atoms with Crippen molar-refractivity contribution in [3.8, 4) is 0 Å². The van der Waals surface area contributed by atoms with Gasteiger partial charge in [0.25, 0.3) is 0 Å². The Balaban J connectivity index is 0.00000200. The number of aromatic carboxylic acids is 1. The van der Waals surface area contributed by atoms with Gasteiger partial charge < -0.3 is 14.6 Å². The number of benzene rings is 2. The van der Waals surface area contributed by atoms with Crippen LogP contribution < -0.4 is 34.7 Å². The second kappa shape index (κ2) is 7.85.